The molecule has 0 saturated carbocycles. The van der Waals surface area contributed by atoms with Gasteiger partial charge in [0.2, 0.25) is 0 Å². The van der Waals surface area contributed by atoms with E-state index in [0.29, 0.717) is 10.9 Å². The summed E-state index contributed by atoms with van der Waals surface area (Å²) in [6.45, 7) is 0. The number of hydrogen-bond acceptors (Lipinski definition) is 5. The standard InChI is InChI=1S/C19H10Cl3FN2O3S2/c20-12-2-1-3-13(23)18(12)15(26)7-10-4-5-11-9-24-25(14(11)6-10)30(27,28)16-8-17(21)29-19(16)22/h1-6,8-9H,7H2. The molecule has 4 rings (SSSR count). The second-order valence-corrected chi connectivity index (χ2v) is 10.7. The van der Waals surface area contributed by atoms with Crippen molar-refractivity contribution in [2.45, 2.75) is 11.3 Å². The summed E-state index contributed by atoms with van der Waals surface area (Å²) < 4.78 is 41.1. The van der Waals surface area contributed by atoms with Crippen LogP contribution in [0.25, 0.3) is 10.9 Å². The number of thiophene rings is 1. The van der Waals surface area contributed by atoms with E-state index in [-0.39, 0.29) is 36.1 Å². The molecular formula is C19H10Cl3FN2O3S2. The van der Waals surface area contributed by atoms with Crippen LogP contribution in [0.3, 0.4) is 0 Å². The van der Waals surface area contributed by atoms with Crippen molar-refractivity contribution in [1.29, 1.82) is 0 Å². The van der Waals surface area contributed by atoms with Crippen LogP contribution >= 0.6 is 46.1 Å². The molecule has 0 amide bonds. The highest BCUT2D eigenvalue weighted by molar-refractivity contribution is 7.90. The average Bonchev–Trinajstić information content (AvgIpc) is 3.24. The minimum atomic E-state index is -4.11. The Labute approximate surface area is 189 Å². The number of hydrogen-bond donors (Lipinski definition) is 0. The van der Waals surface area contributed by atoms with Crippen molar-refractivity contribution >= 4 is 72.8 Å². The fraction of sp³-hybridized carbons (Fsp3) is 0.0526. The largest absolute Gasteiger partial charge is 0.294 e. The first-order chi connectivity index (χ1) is 14.2. The Morgan fingerprint density at radius 1 is 1.13 bits per heavy atom. The number of Topliss-reactive ketones (excluding diaryl/α,β-unsaturated/α-hetero) is 1. The third-order valence-corrected chi connectivity index (χ3v) is 8.01. The molecule has 0 aliphatic carbocycles. The summed E-state index contributed by atoms with van der Waals surface area (Å²) in [5.41, 5.74) is 0.511. The summed E-state index contributed by atoms with van der Waals surface area (Å²) in [6, 6.07) is 10.0. The molecule has 0 aliphatic rings. The molecule has 2 aromatic carbocycles. The summed E-state index contributed by atoms with van der Waals surface area (Å²) in [5, 5.41) is 4.52. The van der Waals surface area contributed by atoms with Gasteiger partial charge in [0.15, 0.2) is 5.78 Å². The smallest absolute Gasteiger partial charge is 0.285 e. The van der Waals surface area contributed by atoms with Crippen LogP contribution in [0.4, 0.5) is 4.39 Å². The molecule has 30 heavy (non-hydrogen) atoms. The van der Waals surface area contributed by atoms with Gasteiger partial charge in [0.05, 0.1) is 26.6 Å². The van der Waals surface area contributed by atoms with E-state index >= 15 is 0 Å². The van der Waals surface area contributed by atoms with Gasteiger partial charge in [-0.05, 0) is 29.8 Å². The summed E-state index contributed by atoms with van der Waals surface area (Å²) in [5.74, 6) is -1.25. The molecule has 4 aromatic rings. The molecule has 0 fully saturated rings. The van der Waals surface area contributed by atoms with Crippen LogP contribution in [0.15, 0.2) is 53.6 Å². The van der Waals surface area contributed by atoms with E-state index in [1.165, 1.54) is 30.5 Å². The lowest BCUT2D eigenvalue weighted by Crippen LogP contribution is -2.14. The predicted octanol–water partition coefficient (Wildman–Crippen LogP) is 5.86. The lowest BCUT2D eigenvalue weighted by Gasteiger charge is -2.07. The molecule has 5 nitrogen and oxygen atoms in total. The number of fused-ring (bicyclic) bond motifs is 1. The quantitative estimate of drug-likeness (QED) is 0.320. The molecule has 0 bridgehead atoms. The van der Waals surface area contributed by atoms with Gasteiger partial charge in [0.25, 0.3) is 10.0 Å². The third kappa shape index (κ3) is 3.74. The minimum Gasteiger partial charge on any atom is -0.294 e. The van der Waals surface area contributed by atoms with Gasteiger partial charge < -0.3 is 0 Å². The first-order valence-electron chi connectivity index (χ1n) is 8.33. The number of rotatable bonds is 5. The summed E-state index contributed by atoms with van der Waals surface area (Å²) in [6.07, 6.45) is 1.21. The highest BCUT2D eigenvalue weighted by atomic mass is 35.5. The van der Waals surface area contributed by atoms with Crippen molar-refractivity contribution in [2.24, 2.45) is 0 Å². The molecule has 0 unspecified atom stereocenters. The van der Waals surface area contributed by atoms with Crippen LogP contribution in [0.5, 0.6) is 0 Å². The molecule has 2 aromatic heterocycles. The molecule has 2 heterocycles. The van der Waals surface area contributed by atoms with Crippen LogP contribution in [0.2, 0.25) is 13.7 Å². The second kappa shape index (κ2) is 7.94. The monoisotopic (exact) mass is 502 g/mol. The maximum absolute atomic E-state index is 14.0. The van der Waals surface area contributed by atoms with E-state index < -0.39 is 21.6 Å². The van der Waals surface area contributed by atoms with Gasteiger partial charge >= 0.3 is 0 Å². The zero-order valence-corrected chi connectivity index (χ0v) is 18.7. The van der Waals surface area contributed by atoms with Crippen molar-refractivity contribution in [3.8, 4) is 0 Å². The first-order valence-corrected chi connectivity index (χ1v) is 11.7. The normalized spacial score (nSPS) is 11.9. The van der Waals surface area contributed by atoms with Crippen molar-refractivity contribution in [3.05, 3.63) is 79.3 Å². The van der Waals surface area contributed by atoms with Gasteiger partial charge in [-0.15, -0.1) is 11.3 Å². The molecule has 0 spiro atoms. The third-order valence-electron chi connectivity index (χ3n) is 4.34. The average molecular weight is 504 g/mol. The van der Waals surface area contributed by atoms with Gasteiger partial charge in [0.1, 0.15) is 15.0 Å². The summed E-state index contributed by atoms with van der Waals surface area (Å²) in [4.78, 5) is 12.4. The Balaban J connectivity index is 1.75. The number of carbonyl (C=O) groups is 1. The van der Waals surface area contributed by atoms with E-state index in [4.69, 9.17) is 34.8 Å². The maximum Gasteiger partial charge on any atom is 0.285 e. The van der Waals surface area contributed by atoms with Gasteiger partial charge in [-0.3, -0.25) is 4.79 Å². The number of carbonyl (C=O) groups excluding carboxylic acids is 1. The molecular weight excluding hydrogens is 494 g/mol. The fourth-order valence-corrected chi connectivity index (χ4v) is 6.63. The number of halogens is 4. The van der Waals surface area contributed by atoms with Crippen molar-refractivity contribution < 1.29 is 17.6 Å². The topological polar surface area (TPSA) is 69.0 Å². The van der Waals surface area contributed by atoms with Crippen LogP contribution in [-0.4, -0.2) is 23.4 Å². The van der Waals surface area contributed by atoms with E-state index in [0.717, 1.165) is 21.5 Å². The molecule has 0 saturated heterocycles. The summed E-state index contributed by atoms with van der Waals surface area (Å²) in [7, 11) is -4.11. The highest BCUT2D eigenvalue weighted by Gasteiger charge is 2.26. The van der Waals surface area contributed by atoms with Crippen molar-refractivity contribution in [3.63, 3.8) is 0 Å². The Morgan fingerprint density at radius 3 is 2.57 bits per heavy atom. The van der Waals surface area contributed by atoms with E-state index in [2.05, 4.69) is 5.10 Å². The van der Waals surface area contributed by atoms with Gasteiger partial charge in [0, 0.05) is 11.8 Å². The van der Waals surface area contributed by atoms with Gasteiger partial charge in [-0.2, -0.15) is 17.6 Å². The van der Waals surface area contributed by atoms with Crippen molar-refractivity contribution in [1.82, 2.24) is 9.19 Å². The number of benzene rings is 2. The zero-order chi connectivity index (χ0) is 21.6. The lowest BCUT2D eigenvalue weighted by molar-refractivity contribution is 0.0989. The molecule has 154 valence electrons. The number of aromatic nitrogens is 2. The van der Waals surface area contributed by atoms with E-state index in [9.17, 15) is 17.6 Å². The van der Waals surface area contributed by atoms with E-state index in [1.54, 1.807) is 12.1 Å². The summed E-state index contributed by atoms with van der Waals surface area (Å²) >= 11 is 18.8. The Hall–Kier alpha value is -1.97. The van der Waals surface area contributed by atoms with Crippen LogP contribution in [0.1, 0.15) is 15.9 Å². The molecule has 0 N–H and O–H groups in total. The zero-order valence-electron chi connectivity index (χ0n) is 14.8. The second-order valence-electron chi connectivity index (χ2n) is 6.27. The molecule has 0 radical (unpaired) electrons. The first kappa shape index (κ1) is 21.3. The predicted molar refractivity (Wildman–Crippen MR) is 116 cm³/mol. The highest BCUT2D eigenvalue weighted by Crippen LogP contribution is 2.36. The SMILES string of the molecule is O=C(Cc1ccc2cnn(S(=O)(=O)c3cc(Cl)sc3Cl)c2c1)c1c(F)cccc1Cl. The Bertz CT molecular complexity index is 1390. The van der Waals surface area contributed by atoms with Gasteiger partial charge in [-0.25, -0.2) is 4.39 Å². The van der Waals surface area contributed by atoms with Crippen LogP contribution in [0, 0.1) is 5.82 Å². The lowest BCUT2D eigenvalue weighted by atomic mass is 10.0. The van der Waals surface area contributed by atoms with Crippen LogP contribution < -0.4 is 0 Å². The molecule has 11 heteroatoms. The van der Waals surface area contributed by atoms with Crippen LogP contribution in [-0.2, 0) is 16.4 Å². The molecule has 0 aliphatic heterocycles. The number of nitrogens with zero attached hydrogens (tertiary/aromatic N) is 2. The minimum absolute atomic E-state index is 0.0117. The fourth-order valence-electron chi connectivity index (χ4n) is 2.97. The van der Waals surface area contributed by atoms with Gasteiger partial charge in [-0.1, -0.05) is 53.0 Å². The van der Waals surface area contributed by atoms with E-state index in [1.807, 2.05) is 0 Å². The Kier molecular flexibility index (Phi) is 5.63. The number of ketones is 1. The molecule has 0 atom stereocenters. The van der Waals surface area contributed by atoms with Crippen molar-refractivity contribution in [2.75, 3.05) is 0 Å². The maximum atomic E-state index is 14.0. The Morgan fingerprint density at radius 2 is 1.90 bits per heavy atom.